The molecule has 4 nitrogen and oxygen atoms in total. The Morgan fingerprint density at radius 3 is 2.61 bits per heavy atom. The number of nitrogens with zero attached hydrogens (tertiary/aromatic N) is 2. The molecule has 2 unspecified atom stereocenters. The zero-order valence-electron chi connectivity index (χ0n) is 14.7. The molecule has 1 aromatic carbocycles. The molecule has 0 aliphatic carbocycles. The van der Waals surface area contributed by atoms with Crippen molar-refractivity contribution < 1.29 is 4.79 Å². The maximum atomic E-state index is 12.3. The Kier molecular flexibility index (Phi) is 6.60. The highest BCUT2D eigenvalue weighted by Crippen LogP contribution is 2.20. The van der Waals surface area contributed by atoms with Crippen LogP contribution in [0.3, 0.4) is 0 Å². The van der Waals surface area contributed by atoms with Crippen LogP contribution in [0.15, 0.2) is 30.3 Å². The second-order valence-electron chi connectivity index (χ2n) is 7.10. The molecule has 2 N–H and O–H groups in total. The van der Waals surface area contributed by atoms with Gasteiger partial charge >= 0.3 is 0 Å². The summed E-state index contributed by atoms with van der Waals surface area (Å²) < 4.78 is 0. The number of hydrogen-bond donors (Lipinski definition) is 1. The highest BCUT2D eigenvalue weighted by molar-refractivity contribution is 5.81. The van der Waals surface area contributed by atoms with Crippen molar-refractivity contribution in [3.63, 3.8) is 0 Å². The van der Waals surface area contributed by atoms with E-state index in [0.717, 1.165) is 26.2 Å². The third-order valence-corrected chi connectivity index (χ3v) is 4.60. The lowest BCUT2D eigenvalue weighted by Crippen LogP contribution is -2.49. The summed E-state index contributed by atoms with van der Waals surface area (Å²) in [6.45, 7) is 9.96. The topological polar surface area (TPSA) is 49.6 Å². The molecule has 1 saturated heterocycles. The van der Waals surface area contributed by atoms with Gasteiger partial charge in [-0.15, -0.1) is 0 Å². The molecule has 1 aromatic rings. The van der Waals surface area contributed by atoms with Crippen molar-refractivity contribution in [2.45, 2.75) is 52.2 Å². The number of piperidine rings is 1. The summed E-state index contributed by atoms with van der Waals surface area (Å²) in [5.74, 6) is 0.609. The molecule has 0 saturated carbocycles. The number of rotatable bonds is 6. The zero-order chi connectivity index (χ0) is 16.8. The zero-order valence-corrected chi connectivity index (χ0v) is 14.7. The number of benzene rings is 1. The summed E-state index contributed by atoms with van der Waals surface area (Å²) >= 11 is 0. The molecule has 2 rings (SSSR count). The fraction of sp³-hybridized carbons (Fsp3) is 0.632. The van der Waals surface area contributed by atoms with Crippen molar-refractivity contribution in [1.82, 2.24) is 9.80 Å². The molecule has 0 aromatic heterocycles. The maximum Gasteiger partial charge on any atom is 0.239 e. The van der Waals surface area contributed by atoms with Crippen molar-refractivity contribution in [2.24, 2.45) is 11.7 Å². The highest BCUT2D eigenvalue weighted by atomic mass is 16.2. The molecule has 1 amide bonds. The van der Waals surface area contributed by atoms with Gasteiger partial charge in [0.2, 0.25) is 5.91 Å². The number of hydrogen-bond acceptors (Lipinski definition) is 3. The van der Waals surface area contributed by atoms with Crippen molar-refractivity contribution in [3.05, 3.63) is 35.9 Å². The number of likely N-dealkylation sites (tertiary alicyclic amines) is 1. The lowest BCUT2D eigenvalue weighted by Gasteiger charge is -2.37. The standard InChI is InChI=1S/C19H31N3O/c1-15(2)22(19(23)16(3)20)14-18-10-7-11-21(13-18)12-17-8-5-4-6-9-17/h4-6,8-9,15-16,18H,7,10-14,20H2,1-3H3. The SMILES string of the molecule is CC(N)C(=O)N(CC1CCCN(Cc2ccccc2)C1)C(C)C. The Morgan fingerprint density at radius 1 is 1.30 bits per heavy atom. The van der Waals surface area contributed by atoms with Crippen molar-refractivity contribution in [1.29, 1.82) is 0 Å². The molecular weight excluding hydrogens is 286 g/mol. The van der Waals surface area contributed by atoms with Crippen LogP contribution in [0.5, 0.6) is 0 Å². The van der Waals surface area contributed by atoms with Crippen LogP contribution in [0.25, 0.3) is 0 Å². The Bertz CT molecular complexity index is 487. The summed E-state index contributed by atoms with van der Waals surface area (Å²) in [5.41, 5.74) is 7.17. The summed E-state index contributed by atoms with van der Waals surface area (Å²) in [7, 11) is 0. The Hall–Kier alpha value is -1.39. The number of carbonyl (C=O) groups is 1. The predicted molar refractivity (Wildman–Crippen MR) is 94.9 cm³/mol. The summed E-state index contributed by atoms with van der Waals surface area (Å²) in [6, 6.07) is 10.4. The van der Waals surface area contributed by atoms with Gasteiger partial charge in [-0.05, 0) is 51.6 Å². The van der Waals surface area contributed by atoms with E-state index < -0.39 is 6.04 Å². The minimum absolute atomic E-state index is 0.0696. The molecular formula is C19H31N3O. The van der Waals surface area contributed by atoms with E-state index in [-0.39, 0.29) is 11.9 Å². The van der Waals surface area contributed by atoms with Gasteiger partial charge in [-0.2, -0.15) is 0 Å². The molecule has 2 atom stereocenters. The van der Waals surface area contributed by atoms with Crippen LogP contribution in [0.1, 0.15) is 39.2 Å². The fourth-order valence-electron chi connectivity index (χ4n) is 3.38. The molecule has 0 bridgehead atoms. The minimum atomic E-state index is -0.415. The molecule has 0 radical (unpaired) electrons. The van der Waals surface area contributed by atoms with Crippen molar-refractivity contribution in [3.8, 4) is 0 Å². The van der Waals surface area contributed by atoms with E-state index in [0.29, 0.717) is 5.92 Å². The van der Waals surface area contributed by atoms with Gasteiger partial charge in [-0.1, -0.05) is 30.3 Å². The first kappa shape index (κ1) is 18.0. The van der Waals surface area contributed by atoms with Gasteiger partial charge in [0.1, 0.15) is 0 Å². The highest BCUT2D eigenvalue weighted by Gasteiger charge is 2.27. The molecule has 128 valence electrons. The molecule has 23 heavy (non-hydrogen) atoms. The Labute approximate surface area is 140 Å². The van der Waals surface area contributed by atoms with Crippen LogP contribution < -0.4 is 5.73 Å². The second kappa shape index (κ2) is 8.46. The average molecular weight is 317 g/mol. The van der Waals surface area contributed by atoms with Gasteiger partial charge in [-0.3, -0.25) is 9.69 Å². The van der Waals surface area contributed by atoms with Gasteiger partial charge in [0, 0.05) is 25.7 Å². The second-order valence-corrected chi connectivity index (χ2v) is 7.10. The van der Waals surface area contributed by atoms with E-state index in [1.54, 1.807) is 6.92 Å². The lowest BCUT2D eigenvalue weighted by molar-refractivity contribution is -0.134. The molecule has 1 fully saturated rings. The maximum absolute atomic E-state index is 12.3. The summed E-state index contributed by atoms with van der Waals surface area (Å²) in [6.07, 6.45) is 2.40. The largest absolute Gasteiger partial charge is 0.339 e. The Balaban J connectivity index is 1.93. The van der Waals surface area contributed by atoms with E-state index in [9.17, 15) is 4.79 Å². The smallest absolute Gasteiger partial charge is 0.239 e. The van der Waals surface area contributed by atoms with Crippen LogP contribution >= 0.6 is 0 Å². The molecule has 1 aliphatic rings. The third-order valence-electron chi connectivity index (χ3n) is 4.60. The van der Waals surface area contributed by atoms with E-state index >= 15 is 0 Å². The van der Waals surface area contributed by atoms with Gasteiger partial charge in [-0.25, -0.2) is 0 Å². The van der Waals surface area contributed by atoms with Crippen LogP contribution in [0.4, 0.5) is 0 Å². The van der Waals surface area contributed by atoms with Crippen molar-refractivity contribution >= 4 is 5.91 Å². The first-order valence-corrected chi connectivity index (χ1v) is 8.79. The Morgan fingerprint density at radius 2 is 2.00 bits per heavy atom. The van der Waals surface area contributed by atoms with Crippen LogP contribution in [-0.4, -0.2) is 47.4 Å². The van der Waals surface area contributed by atoms with Crippen LogP contribution in [0.2, 0.25) is 0 Å². The van der Waals surface area contributed by atoms with Crippen molar-refractivity contribution in [2.75, 3.05) is 19.6 Å². The van der Waals surface area contributed by atoms with Crippen LogP contribution in [0, 0.1) is 5.92 Å². The molecule has 1 heterocycles. The number of carbonyl (C=O) groups excluding carboxylic acids is 1. The van der Waals surface area contributed by atoms with Gasteiger partial charge in [0.15, 0.2) is 0 Å². The molecule has 0 spiro atoms. The molecule has 4 heteroatoms. The third kappa shape index (κ3) is 5.33. The predicted octanol–water partition coefficient (Wildman–Crippen LogP) is 2.48. The molecule has 1 aliphatic heterocycles. The first-order chi connectivity index (χ1) is 11.0. The quantitative estimate of drug-likeness (QED) is 0.877. The minimum Gasteiger partial charge on any atom is -0.339 e. The van der Waals surface area contributed by atoms with Gasteiger partial charge < -0.3 is 10.6 Å². The summed E-state index contributed by atoms with van der Waals surface area (Å²) in [5, 5.41) is 0. The normalized spacial score (nSPS) is 20.5. The van der Waals surface area contributed by atoms with E-state index in [4.69, 9.17) is 5.73 Å². The van der Waals surface area contributed by atoms with Gasteiger partial charge in [0.25, 0.3) is 0 Å². The lowest BCUT2D eigenvalue weighted by atomic mass is 9.96. The number of nitrogens with two attached hydrogens (primary N) is 1. The summed E-state index contributed by atoms with van der Waals surface area (Å²) in [4.78, 5) is 16.8. The first-order valence-electron chi connectivity index (χ1n) is 8.79. The van der Waals surface area contributed by atoms with E-state index in [1.165, 1.54) is 18.4 Å². The van der Waals surface area contributed by atoms with E-state index in [1.807, 2.05) is 4.90 Å². The van der Waals surface area contributed by atoms with E-state index in [2.05, 4.69) is 49.1 Å². The monoisotopic (exact) mass is 317 g/mol. The average Bonchev–Trinajstić information content (AvgIpc) is 2.53. The van der Waals surface area contributed by atoms with Crippen LogP contribution in [-0.2, 0) is 11.3 Å². The number of amides is 1. The van der Waals surface area contributed by atoms with Gasteiger partial charge in [0.05, 0.1) is 6.04 Å². The fourth-order valence-corrected chi connectivity index (χ4v) is 3.38.